The molecule has 0 aliphatic carbocycles. The highest BCUT2D eigenvalue weighted by Gasteiger charge is 2.24. The molecule has 1 atom stereocenters. The molecule has 22 heavy (non-hydrogen) atoms. The number of pyridine rings is 1. The zero-order valence-corrected chi connectivity index (χ0v) is 12.5. The minimum atomic E-state index is -0.328. The van der Waals surface area contributed by atoms with Gasteiger partial charge in [0.2, 0.25) is 5.82 Å². The van der Waals surface area contributed by atoms with Crippen LogP contribution in [0, 0.1) is 0 Å². The SMILES string of the molecule is CCN1CCCC1CNC(=O)c1nc(-c2cccnc2)no1. The molecule has 0 spiro atoms. The summed E-state index contributed by atoms with van der Waals surface area (Å²) in [7, 11) is 0. The Bertz CT molecular complexity index is 628. The monoisotopic (exact) mass is 301 g/mol. The Hall–Kier alpha value is -2.28. The smallest absolute Gasteiger partial charge is 0.316 e. The minimum absolute atomic E-state index is 0.0140. The van der Waals surface area contributed by atoms with E-state index in [4.69, 9.17) is 4.52 Å². The average molecular weight is 301 g/mol. The van der Waals surface area contributed by atoms with Gasteiger partial charge in [0, 0.05) is 30.5 Å². The van der Waals surface area contributed by atoms with Crippen LogP contribution in [0.2, 0.25) is 0 Å². The van der Waals surface area contributed by atoms with Crippen LogP contribution in [-0.2, 0) is 0 Å². The first-order valence-electron chi connectivity index (χ1n) is 7.54. The first-order chi connectivity index (χ1) is 10.8. The predicted molar refractivity (Wildman–Crippen MR) is 80.1 cm³/mol. The Kier molecular flexibility index (Phi) is 4.43. The van der Waals surface area contributed by atoms with Gasteiger partial charge in [0.15, 0.2) is 0 Å². The number of hydrogen-bond donors (Lipinski definition) is 1. The number of likely N-dealkylation sites (N-methyl/N-ethyl adjacent to an activating group) is 1. The molecule has 1 N–H and O–H groups in total. The molecule has 7 heteroatoms. The van der Waals surface area contributed by atoms with Crippen molar-refractivity contribution in [3.63, 3.8) is 0 Å². The number of carbonyl (C=O) groups excluding carboxylic acids is 1. The largest absolute Gasteiger partial charge is 0.346 e. The molecule has 2 aromatic rings. The molecule has 1 aliphatic rings. The Labute approximate surface area is 128 Å². The fourth-order valence-electron chi connectivity index (χ4n) is 2.76. The third-order valence-electron chi connectivity index (χ3n) is 3.94. The first-order valence-corrected chi connectivity index (χ1v) is 7.54. The predicted octanol–water partition coefficient (Wildman–Crippen LogP) is 1.35. The number of nitrogens with zero attached hydrogens (tertiary/aromatic N) is 4. The van der Waals surface area contributed by atoms with Crippen LogP contribution in [0.3, 0.4) is 0 Å². The van der Waals surface area contributed by atoms with E-state index in [0.29, 0.717) is 18.4 Å². The van der Waals surface area contributed by atoms with Crippen LogP contribution in [0.25, 0.3) is 11.4 Å². The van der Waals surface area contributed by atoms with Crippen LogP contribution in [0.4, 0.5) is 0 Å². The molecule has 1 amide bonds. The summed E-state index contributed by atoms with van der Waals surface area (Å²) in [5.74, 6) is 0.0276. The van der Waals surface area contributed by atoms with Gasteiger partial charge in [-0.2, -0.15) is 4.98 Å². The van der Waals surface area contributed by atoms with Crippen molar-refractivity contribution in [1.29, 1.82) is 0 Å². The molecule has 1 unspecified atom stereocenters. The summed E-state index contributed by atoms with van der Waals surface area (Å²) in [5, 5.41) is 6.70. The maximum absolute atomic E-state index is 12.1. The van der Waals surface area contributed by atoms with Crippen molar-refractivity contribution in [2.75, 3.05) is 19.6 Å². The van der Waals surface area contributed by atoms with Gasteiger partial charge < -0.3 is 9.84 Å². The summed E-state index contributed by atoms with van der Waals surface area (Å²) in [4.78, 5) is 22.6. The molecule has 0 bridgehead atoms. The Morgan fingerprint density at radius 2 is 2.45 bits per heavy atom. The second-order valence-corrected chi connectivity index (χ2v) is 5.30. The highest BCUT2D eigenvalue weighted by molar-refractivity contribution is 5.89. The summed E-state index contributed by atoms with van der Waals surface area (Å²) < 4.78 is 5.03. The second kappa shape index (κ2) is 6.65. The van der Waals surface area contributed by atoms with Gasteiger partial charge in [-0.15, -0.1) is 0 Å². The number of carbonyl (C=O) groups is 1. The molecule has 1 saturated heterocycles. The molecule has 0 aromatic carbocycles. The van der Waals surface area contributed by atoms with Gasteiger partial charge in [-0.1, -0.05) is 12.1 Å². The highest BCUT2D eigenvalue weighted by atomic mass is 16.5. The van der Waals surface area contributed by atoms with E-state index in [1.165, 1.54) is 6.42 Å². The van der Waals surface area contributed by atoms with Crippen LogP contribution < -0.4 is 5.32 Å². The van der Waals surface area contributed by atoms with E-state index in [9.17, 15) is 4.79 Å². The zero-order chi connectivity index (χ0) is 15.4. The summed E-state index contributed by atoms with van der Waals surface area (Å²) >= 11 is 0. The van der Waals surface area contributed by atoms with E-state index >= 15 is 0 Å². The maximum Gasteiger partial charge on any atom is 0.316 e. The first kappa shape index (κ1) is 14.6. The van der Waals surface area contributed by atoms with E-state index in [1.807, 2.05) is 6.07 Å². The molecule has 0 radical (unpaired) electrons. The molecule has 7 nitrogen and oxygen atoms in total. The number of aromatic nitrogens is 3. The van der Waals surface area contributed by atoms with Crippen molar-refractivity contribution < 1.29 is 9.32 Å². The van der Waals surface area contributed by atoms with Gasteiger partial charge in [0.05, 0.1) is 0 Å². The topological polar surface area (TPSA) is 84.2 Å². The molecular formula is C15H19N5O2. The van der Waals surface area contributed by atoms with Crippen molar-refractivity contribution in [3.05, 3.63) is 30.4 Å². The summed E-state index contributed by atoms with van der Waals surface area (Å²) in [6, 6.07) is 4.00. The lowest BCUT2D eigenvalue weighted by Crippen LogP contribution is -2.40. The average Bonchev–Trinajstić information content (AvgIpc) is 3.22. The van der Waals surface area contributed by atoms with Crippen molar-refractivity contribution in [2.24, 2.45) is 0 Å². The number of nitrogens with one attached hydrogen (secondary N) is 1. The van der Waals surface area contributed by atoms with Crippen LogP contribution in [-0.4, -0.2) is 51.6 Å². The Morgan fingerprint density at radius 1 is 1.55 bits per heavy atom. The van der Waals surface area contributed by atoms with Gasteiger partial charge in [0.25, 0.3) is 0 Å². The highest BCUT2D eigenvalue weighted by Crippen LogP contribution is 2.16. The Balaban J connectivity index is 1.60. The maximum atomic E-state index is 12.1. The summed E-state index contributed by atoms with van der Waals surface area (Å²) in [6.45, 7) is 4.85. The van der Waals surface area contributed by atoms with E-state index in [2.05, 4.69) is 32.3 Å². The number of hydrogen-bond acceptors (Lipinski definition) is 6. The Morgan fingerprint density at radius 3 is 3.23 bits per heavy atom. The van der Waals surface area contributed by atoms with Crippen molar-refractivity contribution in [3.8, 4) is 11.4 Å². The van der Waals surface area contributed by atoms with Crippen LogP contribution >= 0.6 is 0 Å². The molecule has 116 valence electrons. The number of amides is 1. The lowest BCUT2D eigenvalue weighted by Gasteiger charge is -2.22. The summed E-state index contributed by atoms with van der Waals surface area (Å²) in [5.41, 5.74) is 0.721. The molecule has 1 fully saturated rings. The van der Waals surface area contributed by atoms with Crippen molar-refractivity contribution in [2.45, 2.75) is 25.8 Å². The lowest BCUT2D eigenvalue weighted by atomic mass is 10.2. The van der Waals surface area contributed by atoms with Gasteiger partial charge >= 0.3 is 11.8 Å². The standard InChI is InChI=1S/C15H19N5O2/c1-2-20-8-4-6-12(20)10-17-14(21)15-18-13(19-22-15)11-5-3-7-16-9-11/h3,5,7,9,12H,2,4,6,8,10H2,1H3,(H,17,21). The minimum Gasteiger partial charge on any atom is -0.346 e. The third-order valence-corrected chi connectivity index (χ3v) is 3.94. The van der Waals surface area contributed by atoms with E-state index in [1.54, 1.807) is 18.5 Å². The lowest BCUT2D eigenvalue weighted by molar-refractivity contribution is 0.0897. The van der Waals surface area contributed by atoms with E-state index in [-0.39, 0.29) is 11.8 Å². The van der Waals surface area contributed by atoms with Crippen molar-refractivity contribution >= 4 is 5.91 Å². The van der Waals surface area contributed by atoms with Gasteiger partial charge in [-0.25, -0.2) is 0 Å². The molecule has 1 aliphatic heterocycles. The normalized spacial score (nSPS) is 18.5. The van der Waals surface area contributed by atoms with Gasteiger partial charge in [-0.3, -0.25) is 14.7 Å². The van der Waals surface area contributed by atoms with Crippen LogP contribution in [0.5, 0.6) is 0 Å². The summed E-state index contributed by atoms with van der Waals surface area (Å²) in [6.07, 6.45) is 5.58. The second-order valence-electron chi connectivity index (χ2n) is 5.30. The molecule has 2 aromatic heterocycles. The third kappa shape index (κ3) is 3.14. The molecule has 3 rings (SSSR count). The molecule has 3 heterocycles. The van der Waals surface area contributed by atoms with E-state index < -0.39 is 0 Å². The van der Waals surface area contributed by atoms with Gasteiger partial charge in [-0.05, 0) is 38.1 Å². The fourth-order valence-corrected chi connectivity index (χ4v) is 2.76. The quantitative estimate of drug-likeness (QED) is 0.897. The number of likely N-dealkylation sites (tertiary alicyclic amines) is 1. The van der Waals surface area contributed by atoms with E-state index in [0.717, 1.165) is 25.1 Å². The van der Waals surface area contributed by atoms with Crippen molar-refractivity contribution in [1.82, 2.24) is 25.3 Å². The van der Waals surface area contributed by atoms with Gasteiger partial charge in [0.1, 0.15) is 0 Å². The zero-order valence-electron chi connectivity index (χ0n) is 12.5. The van der Waals surface area contributed by atoms with Crippen LogP contribution in [0.15, 0.2) is 29.0 Å². The fraction of sp³-hybridized carbons (Fsp3) is 0.467. The molecular weight excluding hydrogens is 282 g/mol. The number of rotatable bonds is 5. The van der Waals surface area contributed by atoms with Crippen LogP contribution in [0.1, 0.15) is 30.5 Å². The molecule has 0 saturated carbocycles.